The van der Waals surface area contributed by atoms with E-state index >= 15 is 0 Å². The van der Waals surface area contributed by atoms with E-state index in [4.69, 9.17) is 9.15 Å². The van der Waals surface area contributed by atoms with Crippen LogP contribution in [0.1, 0.15) is 36.3 Å². The highest BCUT2D eigenvalue weighted by Gasteiger charge is 2.20. The average molecular weight is 223 g/mol. The van der Waals surface area contributed by atoms with Crippen LogP contribution < -0.4 is 5.32 Å². The first-order valence-electron chi connectivity index (χ1n) is 6.10. The van der Waals surface area contributed by atoms with Gasteiger partial charge in [0.2, 0.25) is 0 Å². The molecule has 0 aliphatic heterocycles. The lowest BCUT2D eigenvalue weighted by Crippen LogP contribution is -2.04. The van der Waals surface area contributed by atoms with Gasteiger partial charge in [0, 0.05) is 18.7 Å². The topological polar surface area (TPSA) is 34.4 Å². The predicted octanol–water partition coefficient (Wildman–Crippen LogP) is 2.62. The van der Waals surface area contributed by atoms with Crippen LogP contribution in [0.25, 0.3) is 0 Å². The number of hydrogen-bond donors (Lipinski definition) is 1. The molecule has 1 aliphatic carbocycles. The largest absolute Gasteiger partial charge is 0.464 e. The SMILES string of the molecule is CNCc1cc(COCCC2CC2)oc1C. The fourth-order valence-corrected chi connectivity index (χ4v) is 1.85. The van der Waals surface area contributed by atoms with Crippen molar-refractivity contribution in [1.29, 1.82) is 0 Å². The molecule has 0 aromatic carbocycles. The number of hydrogen-bond acceptors (Lipinski definition) is 3. The maximum atomic E-state index is 5.62. The van der Waals surface area contributed by atoms with Gasteiger partial charge in [-0.25, -0.2) is 0 Å². The zero-order valence-electron chi connectivity index (χ0n) is 10.2. The summed E-state index contributed by atoms with van der Waals surface area (Å²) in [7, 11) is 1.94. The summed E-state index contributed by atoms with van der Waals surface area (Å²) in [6.07, 6.45) is 4.01. The van der Waals surface area contributed by atoms with E-state index in [1.165, 1.54) is 24.8 Å². The summed E-state index contributed by atoms with van der Waals surface area (Å²) < 4.78 is 11.2. The average Bonchev–Trinajstić information content (AvgIpc) is 3.01. The summed E-state index contributed by atoms with van der Waals surface area (Å²) in [5.41, 5.74) is 1.23. The molecule has 1 N–H and O–H groups in total. The summed E-state index contributed by atoms with van der Waals surface area (Å²) in [6, 6.07) is 2.09. The zero-order chi connectivity index (χ0) is 11.4. The Balaban J connectivity index is 1.72. The van der Waals surface area contributed by atoms with E-state index < -0.39 is 0 Å². The van der Waals surface area contributed by atoms with E-state index in [0.717, 1.165) is 30.6 Å². The highest BCUT2D eigenvalue weighted by atomic mass is 16.5. The number of rotatable bonds is 7. The van der Waals surface area contributed by atoms with E-state index in [1.54, 1.807) is 0 Å². The summed E-state index contributed by atoms with van der Waals surface area (Å²) in [5.74, 6) is 2.88. The monoisotopic (exact) mass is 223 g/mol. The Morgan fingerprint density at radius 2 is 2.31 bits per heavy atom. The van der Waals surface area contributed by atoms with Crippen LogP contribution in [0.15, 0.2) is 10.5 Å². The van der Waals surface area contributed by atoms with Crippen LogP contribution in [0.5, 0.6) is 0 Å². The van der Waals surface area contributed by atoms with Crippen molar-refractivity contribution in [3.63, 3.8) is 0 Å². The molecule has 0 bridgehead atoms. The summed E-state index contributed by atoms with van der Waals surface area (Å²) in [5, 5.41) is 3.13. The third-order valence-electron chi connectivity index (χ3n) is 3.05. The van der Waals surface area contributed by atoms with Crippen LogP contribution in [0.3, 0.4) is 0 Å². The first-order chi connectivity index (χ1) is 7.79. The molecule has 0 spiro atoms. The van der Waals surface area contributed by atoms with Gasteiger partial charge in [-0.1, -0.05) is 12.8 Å². The molecule has 0 saturated heterocycles. The van der Waals surface area contributed by atoms with Crippen molar-refractivity contribution in [2.45, 2.75) is 39.3 Å². The van der Waals surface area contributed by atoms with Crippen molar-refractivity contribution in [2.24, 2.45) is 5.92 Å². The lowest BCUT2D eigenvalue weighted by atomic mass is 10.2. The minimum Gasteiger partial charge on any atom is -0.464 e. The van der Waals surface area contributed by atoms with Gasteiger partial charge in [-0.2, -0.15) is 0 Å². The van der Waals surface area contributed by atoms with Crippen molar-refractivity contribution < 1.29 is 9.15 Å². The molecular formula is C13H21NO2. The molecule has 1 saturated carbocycles. The third-order valence-corrected chi connectivity index (χ3v) is 3.05. The second-order valence-corrected chi connectivity index (χ2v) is 4.61. The Labute approximate surface area is 97.2 Å². The molecule has 0 unspecified atom stereocenters. The van der Waals surface area contributed by atoms with E-state index in [9.17, 15) is 0 Å². The van der Waals surface area contributed by atoms with Crippen LogP contribution in [-0.2, 0) is 17.9 Å². The minimum absolute atomic E-state index is 0.608. The number of furan rings is 1. The second-order valence-electron chi connectivity index (χ2n) is 4.61. The molecule has 2 rings (SSSR count). The first kappa shape index (κ1) is 11.7. The van der Waals surface area contributed by atoms with Crippen LogP contribution in [0.2, 0.25) is 0 Å². The van der Waals surface area contributed by atoms with Gasteiger partial charge in [0.25, 0.3) is 0 Å². The molecule has 16 heavy (non-hydrogen) atoms. The van der Waals surface area contributed by atoms with Crippen molar-refractivity contribution in [2.75, 3.05) is 13.7 Å². The fourth-order valence-electron chi connectivity index (χ4n) is 1.85. The smallest absolute Gasteiger partial charge is 0.130 e. The van der Waals surface area contributed by atoms with E-state index in [1.807, 2.05) is 14.0 Å². The van der Waals surface area contributed by atoms with Crippen LogP contribution in [0.4, 0.5) is 0 Å². The second kappa shape index (κ2) is 5.51. The van der Waals surface area contributed by atoms with E-state index in [2.05, 4.69) is 11.4 Å². The summed E-state index contributed by atoms with van der Waals surface area (Å²) in [6.45, 7) is 4.33. The highest BCUT2D eigenvalue weighted by molar-refractivity contribution is 5.20. The molecule has 1 aliphatic rings. The van der Waals surface area contributed by atoms with Crippen LogP contribution in [-0.4, -0.2) is 13.7 Å². The van der Waals surface area contributed by atoms with E-state index in [-0.39, 0.29) is 0 Å². The molecule has 0 radical (unpaired) electrons. The molecule has 1 heterocycles. The van der Waals surface area contributed by atoms with Gasteiger partial charge in [0.05, 0.1) is 0 Å². The van der Waals surface area contributed by atoms with Gasteiger partial charge < -0.3 is 14.5 Å². The van der Waals surface area contributed by atoms with Crippen molar-refractivity contribution >= 4 is 0 Å². The van der Waals surface area contributed by atoms with Crippen molar-refractivity contribution in [1.82, 2.24) is 5.32 Å². The van der Waals surface area contributed by atoms with Gasteiger partial charge in [0.15, 0.2) is 0 Å². The Hall–Kier alpha value is -0.800. The maximum Gasteiger partial charge on any atom is 0.130 e. The van der Waals surface area contributed by atoms with Gasteiger partial charge >= 0.3 is 0 Å². The first-order valence-corrected chi connectivity index (χ1v) is 6.10. The lowest BCUT2D eigenvalue weighted by Gasteiger charge is -2.00. The maximum absolute atomic E-state index is 5.62. The minimum atomic E-state index is 0.608. The molecule has 3 nitrogen and oxygen atoms in total. The Morgan fingerprint density at radius 1 is 1.50 bits per heavy atom. The Bertz CT molecular complexity index is 329. The Morgan fingerprint density at radius 3 is 3.00 bits per heavy atom. The fraction of sp³-hybridized carbons (Fsp3) is 0.692. The normalized spacial score (nSPS) is 15.6. The molecule has 1 fully saturated rings. The summed E-state index contributed by atoms with van der Waals surface area (Å²) >= 11 is 0. The third kappa shape index (κ3) is 3.35. The van der Waals surface area contributed by atoms with Crippen molar-refractivity contribution in [3.8, 4) is 0 Å². The molecule has 90 valence electrons. The number of nitrogens with one attached hydrogen (secondary N) is 1. The molecule has 0 atom stereocenters. The van der Waals surface area contributed by atoms with Crippen LogP contribution >= 0.6 is 0 Å². The van der Waals surface area contributed by atoms with E-state index in [0.29, 0.717) is 6.61 Å². The lowest BCUT2D eigenvalue weighted by molar-refractivity contribution is 0.100. The quantitative estimate of drug-likeness (QED) is 0.722. The Kier molecular flexibility index (Phi) is 4.02. The van der Waals surface area contributed by atoms with Crippen molar-refractivity contribution in [3.05, 3.63) is 23.2 Å². The molecule has 3 heteroatoms. The van der Waals surface area contributed by atoms with Gasteiger partial charge in [-0.3, -0.25) is 0 Å². The molecule has 0 amide bonds. The standard InChI is InChI=1S/C13H21NO2/c1-10-12(8-14-2)7-13(16-10)9-15-6-5-11-3-4-11/h7,11,14H,3-6,8-9H2,1-2H3. The van der Waals surface area contributed by atoms with Crippen LogP contribution in [0, 0.1) is 12.8 Å². The summed E-state index contributed by atoms with van der Waals surface area (Å²) in [4.78, 5) is 0. The number of aryl methyl sites for hydroxylation is 1. The predicted molar refractivity (Wildman–Crippen MR) is 63.2 cm³/mol. The molecular weight excluding hydrogens is 202 g/mol. The molecule has 1 aromatic rings. The van der Waals surface area contributed by atoms with Gasteiger partial charge in [-0.05, 0) is 32.4 Å². The highest BCUT2D eigenvalue weighted by Crippen LogP contribution is 2.32. The zero-order valence-corrected chi connectivity index (χ0v) is 10.2. The molecule has 1 aromatic heterocycles. The van der Waals surface area contributed by atoms with Gasteiger partial charge in [0.1, 0.15) is 18.1 Å². The number of ether oxygens (including phenoxy) is 1. The van der Waals surface area contributed by atoms with Gasteiger partial charge in [-0.15, -0.1) is 0 Å².